The SMILES string of the molecule is O=Cc1c(O)cc(OPI)cc1Cl. The zero-order valence-electron chi connectivity index (χ0n) is 6.25. The number of hydrogen-bond acceptors (Lipinski definition) is 3. The third kappa shape index (κ3) is 2.69. The van der Waals surface area contributed by atoms with Crippen LogP contribution in [0.1, 0.15) is 10.4 Å². The van der Waals surface area contributed by atoms with E-state index in [9.17, 15) is 9.90 Å². The molecule has 0 saturated carbocycles. The zero-order chi connectivity index (χ0) is 9.84. The van der Waals surface area contributed by atoms with Gasteiger partial charge in [-0.2, -0.15) is 0 Å². The minimum Gasteiger partial charge on any atom is -0.507 e. The molecule has 0 fully saturated rings. The van der Waals surface area contributed by atoms with Crippen LogP contribution in [0, 0.1) is 0 Å². The average Bonchev–Trinajstić information content (AvgIpc) is 2.04. The number of hydrogen-bond donors (Lipinski definition) is 1. The van der Waals surface area contributed by atoms with E-state index in [4.69, 9.17) is 16.1 Å². The van der Waals surface area contributed by atoms with E-state index in [0.29, 0.717) is 12.0 Å². The Morgan fingerprint density at radius 3 is 2.77 bits per heavy atom. The Morgan fingerprint density at radius 2 is 2.31 bits per heavy atom. The summed E-state index contributed by atoms with van der Waals surface area (Å²) in [6.45, 7) is 0.237. The Morgan fingerprint density at radius 1 is 1.62 bits per heavy atom. The van der Waals surface area contributed by atoms with Crippen molar-refractivity contribution in [1.82, 2.24) is 0 Å². The van der Waals surface area contributed by atoms with Crippen LogP contribution in [0.2, 0.25) is 5.02 Å². The van der Waals surface area contributed by atoms with E-state index < -0.39 is 0 Å². The number of benzene rings is 1. The molecule has 70 valence electrons. The molecule has 0 amide bonds. The number of aldehydes is 1. The number of carbonyl (C=O) groups is 1. The molecule has 3 nitrogen and oxygen atoms in total. The highest BCUT2D eigenvalue weighted by Crippen LogP contribution is 2.34. The van der Waals surface area contributed by atoms with E-state index in [0.717, 1.165) is 0 Å². The first kappa shape index (κ1) is 11.0. The average molecular weight is 330 g/mol. The van der Waals surface area contributed by atoms with Gasteiger partial charge in [-0.25, -0.2) is 0 Å². The molecule has 6 heteroatoms. The summed E-state index contributed by atoms with van der Waals surface area (Å²) in [5, 5.41) is 9.50. The molecule has 1 atom stereocenters. The second kappa shape index (κ2) is 4.98. The minimum absolute atomic E-state index is 0.0887. The van der Waals surface area contributed by atoms with Crippen molar-refractivity contribution in [2.75, 3.05) is 0 Å². The largest absolute Gasteiger partial charge is 0.507 e. The van der Waals surface area contributed by atoms with E-state index in [1.807, 2.05) is 22.0 Å². The van der Waals surface area contributed by atoms with Crippen LogP contribution in [0.5, 0.6) is 11.5 Å². The summed E-state index contributed by atoms with van der Waals surface area (Å²) in [5.41, 5.74) is 0.0887. The third-order valence-corrected chi connectivity index (χ3v) is 2.64. The van der Waals surface area contributed by atoms with Gasteiger partial charge in [0.2, 0.25) is 0 Å². The standard InChI is InChI=1S/C7H5ClIO3P/c8-6-1-4(12-13-9)2-7(11)5(6)3-10/h1-3,11,13H. The molecule has 1 rings (SSSR count). The Kier molecular flexibility index (Phi) is 4.22. The molecule has 1 aromatic rings. The molecule has 0 aliphatic heterocycles. The van der Waals surface area contributed by atoms with Crippen molar-refractivity contribution in [3.05, 3.63) is 22.7 Å². The normalized spacial score (nSPS) is 10.6. The monoisotopic (exact) mass is 330 g/mol. The highest BCUT2D eigenvalue weighted by atomic mass is 127. The Balaban J connectivity index is 3.12. The first-order chi connectivity index (χ1) is 6.19. The molecule has 0 aromatic heterocycles. The fourth-order valence-corrected chi connectivity index (χ4v) is 2.02. The van der Waals surface area contributed by atoms with E-state index >= 15 is 0 Å². The van der Waals surface area contributed by atoms with Crippen LogP contribution in [0.3, 0.4) is 0 Å². The summed E-state index contributed by atoms with van der Waals surface area (Å²) in [4.78, 5) is 10.4. The second-order valence-electron chi connectivity index (χ2n) is 2.13. The highest BCUT2D eigenvalue weighted by molar-refractivity contribution is 14.2. The second-order valence-corrected chi connectivity index (χ2v) is 4.22. The molecule has 0 aliphatic rings. The molecule has 0 bridgehead atoms. The molecular formula is C7H5ClIO3P. The van der Waals surface area contributed by atoms with Crippen LogP contribution in [0.15, 0.2) is 12.1 Å². The fourth-order valence-electron chi connectivity index (χ4n) is 0.799. The summed E-state index contributed by atoms with van der Waals surface area (Å²) in [6.07, 6.45) is 0.508. The van der Waals surface area contributed by atoms with Gasteiger partial charge in [0, 0.05) is 12.1 Å². The number of rotatable bonds is 3. The molecule has 13 heavy (non-hydrogen) atoms. The lowest BCUT2D eigenvalue weighted by atomic mass is 10.2. The summed E-state index contributed by atoms with van der Waals surface area (Å²) in [5.74, 6) is 0.299. The van der Waals surface area contributed by atoms with Crippen molar-refractivity contribution < 1.29 is 14.4 Å². The molecule has 0 heterocycles. The maximum atomic E-state index is 10.4. The Bertz CT molecular complexity index is 309. The van der Waals surface area contributed by atoms with E-state index in [1.165, 1.54) is 12.1 Å². The summed E-state index contributed by atoms with van der Waals surface area (Å²) in [7, 11) is 0. The number of phenolic OH excluding ortho intramolecular Hbond substituents is 1. The van der Waals surface area contributed by atoms with Crippen LogP contribution >= 0.6 is 40.1 Å². The minimum atomic E-state index is -0.160. The lowest BCUT2D eigenvalue weighted by molar-refractivity contribution is 0.112. The topological polar surface area (TPSA) is 46.5 Å². The van der Waals surface area contributed by atoms with Crippen LogP contribution in [0.4, 0.5) is 0 Å². The molecule has 0 aliphatic carbocycles. The molecule has 0 spiro atoms. The highest BCUT2D eigenvalue weighted by Gasteiger charge is 2.08. The van der Waals surface area contributed by atoms with Crippen LogP contribution in [-0.2, 0) is 0 Å². The maximum Gasteiger partial charge on any atom is 0.155 e. The zero-order valence-corrected chi connectivity index (χ0v) is 10.2. The van der Waals surface area contributed by atoms with Crippen molar-refractivity contribution >= 4 is 46.4 Å². The summed E-state index contributed by atoms with van der Waals surface area (Å²) < 4.78 is 5.12. The van der Waals surface area contributed by atoms with E-state index in [2.05, 4.69) is 0 Å². The summed E-state index contributed by atoms with van der Waals surface area (Å²) >= 11 is 7.74. The van der Waals surface area contributed by atoms with Gasteiger partial charge < -0.3 is 9.63 Å². The molecular weight excluding hydrogens is 325 g/mol. The number of aromatic hydroxyl groups is 1. The smallest absolute Gasteiger partial charge is 0.155 e. The maximum absolute atomic E-state index is 10.4. The van der Waals surface area contributed by atoms with Gasteiger partial charge in [0.15, 0.2) is 6.29 Å². The lowest BCUT2D eigenvalue weighted by Crippen LogP contribution is -1.85. The van der Waals surface area contributed by atoms with Gasteiger partial charge in [0.1, 0.15) is 17.9 Å². The van der Waals surface area contributed by atoms with Gasteiger partial charge >= 0.3 is 0 Å². The third-order valence-electron chi connectivity index (χ3n) is 1.36. The lowest BCUT2D eigenvalue weighted by Gasteiger charge is -2.05. The Hall–Kier alpha value is -0.0600. The summed E-state index contributed by atoms with van der Waals surface area (Å²) in [6, 6.07) is 2.86. The number of halogens is 2. The van der Waals surface area contributed by atoms with Gasteiger partial charge in [0.05, 0.1) is 10.6 Å². The Labute approximate surface area is 94.8 Å². The van der Waals surface area contributed by atoms with E-state index in [-0.39, 0.29) is 22.8 Å². The molecule has 1 unspecified atom stereocenters. The molecule has 0 radical (unpaired) electrons. The van der Waals surface area contributed by atoms with E-state index in [1.54, 1.807) is 0 Å². The quantitative estimate of drug-likeness (QED) is 0.526. The molecule has 1 aromatic carbocycles. The van der Waals surface area contributed by atoms with Crippen molar-refractivity contribution in [3.8, 4) is 11.5 Å². The number of carbonyl (C=O) groups excluding carboxylic acids is 1. The predicted octanol–water partition coefficient (Wildman–Crippen LogP) is 3.18. The van der Waals surface area contributed by atoms with Crippen molar-refractivity contribution in [2.45, 2.75) is 0 Å². The van der Waals surface area contributed by atoms with Crippen molar-refractivity contribution in [1.29, 1.82) is 0 Å². The first-order valence-corrected chi connectivity index (χ1v) is 7.59. The van der Waals surface area contributed by atoms with Crippen LogP contribution in [-0.4, -0.2) is 11.4 Å². The van der Waals surface area contributed by atoms with Crippen LogP contribution in [0.25, 0.3) is 0 Å². The van der Waals surface area contributed by atoms with Gasteiger partial charge in [-0.3, -0.25) is 4.79 Å². The van der Waals surface area contributed by atoms with Gasteiger partial charge in [-0.1, -0.05) is 11.6 Å². The first-order valence-electron chi connectivity index (χ1n) is 3.19. The van der Waals surface area contributed by atoms with Gasteiger partial charge in [-0.15, -0.1) is 0 Å². The van der Waals surface area contributed by atoms with Crippen molar-refractivity contribution in [2.24, 2.45) is 0 Å². The predicted molar refractivity (Wildman–Crippen MR) is 61.5 cm³/mol. The van der Waals surface area contributed by atoms with Crippen LogP contribution < -0.4 is 4.52 Å². The number of phenols is 1. The van der Waals surface area contributed by atoms with Gasteiger partial charge in [-0.05, 0) is 22.0 Å². The van der Waals surface area contributed by atoms with Gasteiger partial charge in [0.25, 0.3) is 0 Å². The van der Waals surface area contributed by atoms with Crippen molar-refractivity contribution in [3.63, 3.8) is 0 Å². The molecule has 1 N–H and O–H groups in total. The fraction of sp³-hybridized carbons (Fsp3) is 0. The molecule has 0 saturated heterocycles.